The van der Waals surface area contributed by atoms with Gasteiger partial charge in [-0.15, -0.1) is 0 Å². The van der Waals surface area contributed by atoms with Crippen LogP contribution < -0.4 is 10.6 Å². The Balaban J connectivity index is 4.43. The molecule has 0 rings (SSSR count). The van der Waals surface area contributed by atoms with Gasteiger partial charge in [-0.3, -0.25) is 9.59 Å². The van der Waals surface area contributed by atoms with Crippen molar-refractivity contribution in [2.75, 3.05) is 0 Å². The average molecular weight is 304 g/mol. The van der Waals surface area contributed by atoms with Gasteiger partial charge < -0.3 is 30.4 Å². The van der Waals surface area contributed by atoms with E-state index >= 15 is 0 Å². The van der Waals surface area contributed by atoms with Crippen LogP contribution in [-0.4, -0.2) is 53.2 Å². The van der Waals surface area contributed by atoms with Gasteiger partial charge in [0.2, 0.25) is 0 Å². The van der Waals surface area contributed by atoms with Crippen molar-refractivity contribution in [2.45, 2.75) is 38.0 Å². The van der Waals surface area contributed by atoms with Gasteiger partial charge in [0.05, 0.1) is 6.42 Å². The number of carbonyl (C=O) groups excluding carboxylic acids is 3. The number of carboxylic acid groups (broad SMARTS) is 2. The number of hydrogen-bond donors (Lipinski definition) is 4. The fourth-order valence-electron chi connectivity index (χ4n) is 1.33. The summed E-state index contributed by atoms with van der Waals surface area (Å²) in [5.74, 6) is -2.48. The second kappa shape index (κ2) is 10.2. The molecule has 0 aromatic rings. The van der Waals surface area contributed by atoms with E-state index in [2.05, 4.69) is 15.4 Å². The zero-order valence-electron chi connectivity index (χ0n) is 11.0. The molecule has 4 N–H and O–H groups in total. The molecular weight excluding hydrogens is 288 g/mol. The number of ether oxygens (including phenoxy) is 1. The average Bonchev–Trinajstić information content (AvgIpc) is 2.40. The molecule has 0 fully saturated rings. The number of rotatable bonds is 11. The van der Waals surface area contributed by atoms with E-state index in [4.69, 9.17) is 10.2 Å². The molecule has 10 heteroatoms. The van der Waals surface area contributed by atoms with Crippen LogP contribution in [-0.2, 0) is 23.9 Å². The molecule has 0 aliphatic rings. The fraction of sp³-hybridized carbons (Fsp3) is 0.545. The summed E-state index contributed by atoms with van der Waals surface area (Å²) >= 11 is 0. The third-order valence-corrected chi connectivity index (χ3v) is 2.31. The Kier molecular flexibility index (Phi) is 8.89. The van der Waals surface area contributed by atoms with Crippen LogP contribution in [0.1, 0.15) is 25.7 Å². The maximum atomic E-state index is 11.5. The predicted octanol–water partition coefficient (Wildman–Crippen LogP) is -0.918. The maximum Gasteiger partial charge on any atom is 0.326 e. The number of carbonyl (C=O) groups is 5. The van der Waals surface area contributed by atoms with Crippen molar-refractivity contribution in [3.63, 3.8) is 0 Å². The van der Waals surface area contributed by atoms with E-state index in [1.807, 2.05) is 0 Å². The molecule has 0 aromatic heterocycles. The third kappa shape index (κ3) is 8.97. The lowest BCUT2D eigenvalue weighted by Crippen LogP contribution is -2.49. The van der Waals surface area contributed by atoms with Gasteiger partial charge in [-0.05, 0) is 6.42 Å². The van der Waals surface area contributed by atoms with Crippen molar-refractivity contribution in [3.8, 4) is 0 Å². The molecule has 0 bridgehead atoms. The predicted molar refractivity (Wildman–Crippen MR) is 66.2 cm³/mol. The van der Waals surface area contributed by atoms with E-state index in [0.29, 0.717) is 6.29 Å². The Hall–Kier alpha value is -2.65. The molecule has 2 amide bonds. The zero-order valence-corrected chi connectivity index (χ0v) is 11.0. The van der Waals surface area contributed by atoms with Crippen LogP contribution in [0, 0.1) is 0 Å². The van der Waals surface area contributed by atoms with Crippen LogP contribution in [0.15, 0.2) is 0 Å². The van der Waals surface area contributed by atoms with E-state index in [1.54, 1.807) is 0 Å². The fourth-order valence-corrected chi connectivity index (χ4v) is 1.33. The first-order valence-corrected chi connectivity index (χ1v) is 5.95. The molecule has 2 unspecified atom stereocenters. The second-order valence-electron chi connectivity index (χ2n) is 3.91. The Morgan fingerprint density at radius 2 is 1.76 bits per heavy atom. The first kappa shape index (κ1) is 18.4. The Labute approximate surface area is 119 Å². The van der Waals surface area contributed by atoms with E-state index in [9.17, 15) is 24.0 Å². The van der Waals surface area contributed by atoms with E-state index < -0.39 is 30.2 Å². The number of hydrogen-bond acceptors (Lipinski definition) is 6. The summed E-state index contributed by atoms with van der Waals surface area (Å²) in [5, 5.41) is 21.5. The zero-order chi connectivity index (χ0) is 16.3. The number of aldehydes is 1. The van der Waals surface area contributed by atoms with Crippen molar-refractivity contribution >= 4 is 30.7 Å². The van der Waals surface area contributed by atoms with Crippen molar-refractivity contribution in [2.24, 2.45) is 0 Å². The van der Waals surface area contributed by atoms with Crippen LogP contribution in [0.2, 0.25) is 0 Å². The molecule has 21 heavy (non-hydrogen) atoms. The van der Waals surface area contributed by atoms with E-state index in [1.165, 1.54) is 0 Å². The topological polar surface area (TPSA) is 159 Å². The molecule has 0 aromatic carbocycles. The molecule has 2 atom stereocenters. The molecule has 0 spiro atoms. The van der Waals surface area contributed by atoms with Crippen LogP contribution >= 0.6 is 0 Å². The smallest absolute Gasteiger partial charge is 0.326 e. The number of aliphatic carboxylic acids is 2. The van der Waals surface area contributed by atoms with E-state index in [-0.39, 0.29) is 32.2 Å². The SMILES string of the molecule is O=CCCC(NC(=O)NC(CCC(=O)O)OC=O)C(=O)O. The number of urea groups is 1. The van der Waals surface area contributed by atoms with Gasteiger partial charge in [-0.25, -0.2) is 9.59 Å². The van der Waals surface area contributed by atoms with Gasteiger partial charge in [-0.2, -0.15) is 0 Å². The van der Waals surface area contributed by atoms with Crippen LogP contribution in [0.25, 0.3) is 0 Å². The lowest BCUT2D eigenvalue weighted by atomic mass is 10.2. The highest BCUT2D eigenvalue weighted by atomic mass is 16.5. The van der Waals surface area contributed by atoms with Crippen LogP contribution in [0.4, 0.5) is 4.79 Å². The molecule has 0 aliphatic heterocycles. The Bertz CT molecular complexity index is 398. The highest BCUT2D eigenvalue weighted by molar-refractivity contribution is 5.82. The normalized spacial score (nSPS) is 12.6. The van der Waals surface area contributed by atoms with Gasteiger partial charge in [0.25, 0.3) is 6.47 Å². The number of amides is 2. The minimum Gasteiger partial charge on any atom is -0.481 e. The molecule has 0 radical (unpaired) electrons. The van der Waals surface area contributed by atoms with Crippen molar-refractivity contribution in [3.05, 3.63) is 0 Å². The molecule has 0 aliphatic carbocycles. The van der Waals surface area contributed by atoms with Crippen LogP contribution in [0.5, 0.6) is 0 Å². The molecule has 0 heterocycles. The summed E-state index contributed by atoms with van der Waals surface area (Å²) in [7, 11) is 0. The molecule has 118 valence electrons. The highest BCUT2D eigenvalue weighted by Crippen LogP contribution is 2.00. The first-order valence-electron chi connectivity index (χ1n) is 5.95. The summed E-state index contributed by atoms with van der Waals surface area (Å²) in [5.41, 5.74) is 0. The first-order chi connectivity index (χ1) is 9.90. The molecule has 10 nitrogen and oxygen atoms in total. The van der Waals surface area contributed by atoms with Gasteiger partial charge >= 0.3 is 18.0 Å². The summed E-state index contributed by atoms with van der Waals surface area (Å²) in [6.45, 7) is 0.0356. The number of nitrogens with one attached hydrogen (secondary N) is 2. The van der Waals surface area contributed by atoms with Gasteiger partial charge in [0.1, 0.15) is 12.3 Å². The maximum absolute atomic E-state index is 11.5. The summed E-state index contributed by atoms with van der Waals surface area (Å²) in [6, 6.07) is -2.24. The lowest BCUT2D eigenvalue weighted by Gasteiger charge is -2.19. The Morgan fingerprint density at radius 3 is 2.24 bits per heavy atom. The second-order valence-corrected chi connectivity index (χ2v) is 3.91. The lowest BCUT2D eigenvalue weighted by molar-refractivity contribution is -0.141. The summed E-state index contributed by atoms with van der Waals surface area (Å²) in [4.78, 5) is 53.2. The summed E-state index contributed by atoms with van der Waals surface area (Å²) < 4.78 is 4.47. The highest BCUT2D eigenvalue weighted by Gasteiger charge is 2.21. The Morgan fingerprint density at radius 1 is 1.10 bits per heavy atom. The third-order valence-electron chi connectivity index (χ3n) is 2.31. The van der Waals surface area contributed by atoms with Gasteiger partial charge in [-0.1, -0.05) is 0 Å². The van der Waals surface area contributed by atoms with Gasteiger partial charge in [0.15, 0.2) is 6.23 Å². The molecular formula is C11H16N2O8. The molecule has 0 saturated carbocycles. The standard InChI is InChI=1S/C11H16N2O8/c14-5-1-2-7(10(18)19)12-11(20)13-8(21-6-15)3-4-9(16)17/h5-8H,1-4H2,(H,16,17)(H,18,19)(H2,12,13,20). The van der Waals surface area contributed by atoms with Crippen molar-refractivity contribution < 1.29 is 38.9 Å². The van der Waals surface area contributed by atoms with Crippen molar-refractivity contribution in [1.29, 1.82) is 0 Å². The quantitative estimate of drug-likeness (QED) is 0.282. The number of carboxylic acids is 2. The van der Waals surface area contributed by atoms with E-state index in [0.717, 1.165) is 0 Å². The monoisotopic (exact) mass is 304 g/mol. The minimum absolute atomic E-state index is 0.0356. The summed E-state index contributed by atoms with van der Waals surface area (Å²) in [6.07, 6.45) is -1.36. The van der Waals surface area contributed by atoms with Gasteiger partial charge in [0, 0.05) is 12.8 Å². The minimum atomic E-state index is -1.33. The van der Waals surface area contributed by atoms with Crippen molar-refractivity contribution in [1.82, 2.24) is 10.6 Å². The largest absolute Gasteiger partial charge is 0.481 e. The molecule has 0 saturated heterocycles. The van der Waals surface area contributed by atoms with Crippen LogP contribution in [0.3, 0.4) is 0 Å².